The largest absolute Gasteiger partial charge is 0.381 e. The highest BCUT2D eigenvalue weighted by Crippen LogP contribution is 2.10. The van der Waals surface area contributed by atoms with Gasteiger partial charge in [-0.2, -0.15) is 0 Å². The Morgan fingerprint density at radius 1 is 1.33 bits per heavy atom. The quantitative estimate of drug-likeness (QED) is 0.643. The normalized spacial score (nSPS) is 11.8. The van der Waals surface area contributed by atoms with Crippen LogP contribution in [0.3, 0.4) is 0 Å². The lowest BCUT2D eigenvalue weighted by Gasteiger charge is -2.08. The van der Waals surface area contributed by atoms with Gasteiger partial charge in [-0.25, -0.2) is 0 Å². The Bertz CT molecular complexity index is 398. The first-order valence-corrected chi connectivity index (χ1v) is 6.61. The molecule has 2 amide bonds. The number of nitrogens with two attached hydrogens (primary N) is 1. The second-order valence-corrected chi connectivity index (χ2v) is 4.69. The summed E-state index contributed by atoms with van der Waals surface area (Å²) in [5.74, 6) is -0.0454. The van der Waals surface area contributed by atoms with Crippen molar-refractivity contribution in [3.8, 4) is 0 Å². The van der Waals surface area contributed by atoms with Crippen molar-refractivity contribution in [2.75, 3.05) is 12.3 Å². The maximum absolute atomic E-state index is 11.4. The van der Waals surface area contributed by atoms with Gasteiger partial charge in [0.25, 0.3) is 0 Å². The number of nitrogens with one attached hydrogen (secondary N) is 1. The highest BCUT2D eigenvalue weighted by atomic mass is 32.2. The van der Waals surface area contributed by atoms with Crippen LogP contribution >= 0.6 is 11.8 Å². The van der Waals surface area contributed by atoms with Crippen molar-refractivity contribution in [2.24, 2.45) is 5.73 Å². The molecule has 1 rings (SSSR count). The number of carbonyl (C=O) groups excluding carboxylic acids is 2. The Kier molecular flexibility index (Phi) is 6.24. The average molecular weight is 268 g/mol. The topological polar surface area (TPSA) is 92.4 Å². The first kappa shape index (κ1) is 14.5. The van der Waals surface area contributed by atoms with Crippen LogP contribution in [-0.2, 0) is 15.3 Å². The van der Waals surface area contributed by atoms with Gasteiger partial charge in [0.2, 0.25) is 11.8 Å². The van der Waals surface area contributed by atoms with E-state index < -0.39 is 12.0 Å². The molecule has 5 nitrogen and oxygen atoms in total. The number of amides is 2. The lowest BCUT2D eigenvalue weighted by atomic mass is 10.2. The van der Waals surface area contributed by atoms with Gasteiger partial charge in [-0.05, 0) is 5.56 Å². The molecule has 0 aliphatic carbocycles. The number of rotatable bonds is 7. The van der Waals surface area contributed by atoms with Crippen LogP contribution in [0.15, 0.2) is 30.3 Å². The van der Waals surface area contributed by atoms with Crippen LogP contribution < -0.4 is 11.1 Å². The molecule has 98 valence electrons. The second kappa shape index (κ2) is 7.73. The molecule has 0 spiro atoms. The van der Waals surface area contributed by atoms with Crippen LogP contribution in [0.2, 0.25) is 0 Å². The summed E-state index contributed by atoms with van der Waals surface area (Å²) in [6.07, 6.45) is -1.33. The zero-order valence-corrected chi connectivity index (χ0v) is 10.7. The number of thioether (sulfide) groups is 1. The molecule has 0 heterocycles. The monoisotopic (exact) mass is 268 g/mol. The van der Waals surface area contributed by atoms with Gasteiger partial charge >= 0.3 is 0 Å². The maximum atomic E-state index is 11.4. The van der Waals surface area contributed by atoms with E-state index in [0.717, 1.165) is 11.3 Å². The standard InChI is InChI=1S/C12H16N2O3S/c13-12(17)10(15)6-14-11(16)8-18-7-9-4-2-1-3-5-9/h1-5,10,15H,6-8H2,(H2,13,17)(H,14,16). The molecule has 0 bridgehead atoms. The zero-order chi connectivity index (χ0) is 13.4. The van der Waals surface area contributed by atoms with Crippen molar-refractivity contribution in [3.63, 3.8) is 0 Å². The van der Waals surface area contributed by atoms with Crippen LogP contribution in [0.1, 0.15) is 5.56 Å². The Morgan fingerprint density at radius 2 is 2.00 bits per heavy atom. The second-order valence-electron chi connectivity index (χ2n) is 3.70. The lowest BCUT2D eigenvalue weighted by Crippen LogP contribution is -2.40. The Hall–Kier alpha value is -1.53. The van der Waals surface area contributed by atoms with E-state index in [1.807, 2.05) is 30.3 Å². The average Bonchev–Trinajstić information content (AvgIpc) is 2.37. The number of aliphatic hydroxyl groups excluding tert-OH is 1. The van der Waals surface area contributed by atoms with E-state index in [-0.39, 0.29) is 18.2 Å². The molecular formula is C12H16N2O3S. The third-order valence-corrected chi connectivity index (χ3v) is 3.17. The molecule has 0 saturated heterocycles. The highest BCUT2D eigenvalue weighted by molar-refractivity contribution is 7.99. The summed E-state index contributed by atoms with van der Waals surface area (Å²) >= 11 is 1.46. The molecule has 0 radical (unpaired) electrons. The van der Waals surface area contributed by atoms with E-state index in [9.17, 15) is 9.59 Å². The highest BCUT2D eigenvalue weighted by Gasteiger charge is 2.11. The van der Waals surface area contributed by atoms with Crippen LogP contribution in [0.5, 0.6) is 0 Å². The number of aliphatic hydroxyl groups is 1. The van der Waals surface area contributed by atoms with Crippen LogP contribution in [-0.4, -0.2) is 35.3 Å². The molecule has 1 unspecified atom stereocenters. The van der Waals surface area contributed by atoms with E-state index in [0.29, 0.717) is 0 Å². The molecular weight excluding hydrogens is 252 g/mol. The smallest absolute Gasteiger partial charge is 0.248 e. The summed E-state index contributed by atoms with van der Waals surface area (Å²) in [5.41, 5.74) is 6.00. The van der Waals surface area contributed by atoms with Gasteiger partial charge in [0, 0.05) is 5.75 Å². The van der Waals surface area contributed by atoms with Gasteiger partial charge in [0.15, 0.2) is 0 Å². The SMILES string of the molecule is NC(=O)C(O)CNC(=O)CSCc1ccccc1. The third-order valence-electron chi connectivity index (χ3n) is 2.17. The molecule has 4 N–H and O–H groups in total. The molecule has 0 aromatic heterocycles. The minimum Gasteiger partial charge on any atom is -0.381 e. The summed E-state index contributed by atoms with van der Waals surface area (Å²) < 4.78 is 0. The van der Waals surface area contributed by atoms with Crippen molar-refractivity contribution in [1.29, 1.82) is 0 Å². The van der Waals surface area contributed by atoms with Crippen LogP contribution in [0.25, 0.3) is 0 Å². The maximum Gasteiger partial charge on any atom is 0.248 e. The molecule has 18 heavy (non-hydrogen) atoms. The van der Waals surface area contributed by atoms with Gasteiger partial charge < -0.3 is 16.2 Å². The van der Waals surface area contributed by atoms with E-state index in [4.69, 9.17) is 10.8 Å². The van der Waals surface area contributed by atoms with Crippen LogP contribution in [0, 0.1) is 0 Å². The minimum atomic E-state index is -1.33. The van der Waals surface area contributed by atoms with Crippen molar-refractivity contribution in [3.05, 3.63) is 35.9 Å². The summed E-state index contributed by atoms with van der Waals surface area (Å²) in [7, 11) is 0. The molecule has 0 aliphatic heterocycles. The summed E-state index contributed by atoms with van der Waals surface area (Å²) in [4.78, 5) is 21.9. The summed E-state index contributed by atoms with van der Waals surface area (Å²) in [6.45, 7) is -0.139. The van der Waals surface area contributed by atoms with Gasteiger partial charge in [-0.3, -0.25) is 9.59 Å². The lowest BCUT2D eigenvalue weighted by molar-refractivity contribution is -0.126. The van der Waals surface area contributed by atoms with Gasteiger partial charge in [0.1, 0.15) is 6.10 Å². The predicted octanol–water partition coefficient (Wildman–Crippen LogP) is -0.118. The third kappa shape index (κ3) is 5.70. The van der Waals surface area contributed by atoms with Gasteiger partial charge in [0.05, 0.1) is 12.3 Å². The van der Waals surface area contributed by atoms with Crippen molar-refractivity contribution in [1.82, 2.24) is 5.32 Å². The van der Waals surface area contributed by atoms with E-state index in [1.54, 1.807) is 0 Å². The molecule has 1 aromatic carbocycles. The fourth-order valence-electron chi connectivity index (χ4n) is 1.20. The van der Waals surface area contributed by atoms with E-state index >= 15 is 0 Å². The minimum absolute atomic E-state index is 0.139. The molecule has 1 aromatic rings. The molecule has 0 saturated carbocycles. The molecule has 0 fully saturated rings. The van der Waals surface area contributed by atoms with Crippen LogP contribution in [0.4, 0.5) is 0 Å². The Labute approximate surface area is 110 Å². The number of carbonyl (C=O) groups is 2. The number of hydrogen-bond donors (Lipinski definition) is 3. The van der Waals surface area contributed by atoms with E-state index in [2.05, 4.69) is 5.32 Å². The Balaban J connectivity index is 2.16. The molecule has 0 aliphatic rings. The fourth-order valence-corrected chi connectivity index (χ4v) is 2.02. The predicted molar refractivity (Wildman–Crippen MR) is 70.8 cm³/mol. The molecule has 1 atom stereocenters. The first-order chi connectivity index (χ1) is 8.59. The molecule has 6 heteroatoms. The van der Waals surface area contributed by atoms with Gasteiger partial charge in [-0.1, -0.05) is 30.3 Å². The summed E-state index contributed by atoms with van der Waals surface area (Å²) in [6, 6.07) is 9.80. The van der Waals surface area contributed by atoms with Crippen molar-refractivity contribution in [2.45, 2.75) is 11.9 Å². The number of hydrogen-bond acceptors (Lipinski definition) is 4. The number of primary amides is 1. The summed E-state index contributed by atoms with van der Waals surface area (Å²) in [5, 5.41) is 11.5. The van der Waals surface area contributed by atoms with Crippen molar-refractivity contribution < 1.29 is 14.7 Å². The number of benzene rings is 1. The van der Waals surface area contributed by atoms with E-state index in [1.165, 1.54) is 11.8 Å². The zero-order valence-electron chi connectivity index (χ0n) is 9.83. The first-order valence-electron chi connectivity index (χ1n) is 5.45. The fraction of sp³-hybridized carbons (Fsp3) is 0.333. The van der Waals surface area contributed by atoms with Crippen molar-refractivity contribution >= 4 is 23.6 Å². The Morgan fingerprint density at radius 3 is 2.61 bits per heavy atom. The van der Waals surface area contributed by atoms with Gasteiger partial charge in [-0.15, -0.1) is 11.8 Å².